The maximum atomic E-state index is 11.2. The molecule has 0 aliphatic carbocycles. The summed E-state index contributed by atoms with van der Waals surface area (Å²) in [6.45, 7) is 2.02. The molecular formula is C8H10BrN3O2. The predicted octanol–water partition coefficient (Wildman–Crippen LogP) is 0.802. The van der Waals surface area contributed by atoms with E-state index < -0.39 is 12.0 Å². The number of carbonyl (C=O) groups is 1. The quantitative estimate of drug-likeness (QED) is 0.813. The number of halogens is 1. The van der Waals surface area contributed by atoms with Crippen molar-refractivity contribution in [3.05, 3.63) is 22.7 Å². The van der Waals surface area contributed by atoms with Gasteiger partial charge in [0.15, 0.2) is 0 Å². The highest BCUT2D eigenvalue weighted by molar-refractivity contribution is 9.10. The van der Waals surface area contributed by atoms with Crippen LogP contribution < -0.4 is 5.73 Å². The molecule has 1 heterocycles. The molecule has 0 spiro atoms. The van der Waals surface area contributed by atoms with Crippen LogP contribution in [0.3, 0.4) is 0 Å². The van der Waals surface area contributed by atoms with Gasteiger partial charge in [0.25, 0.3) is 0 Å². The monoisotopic (exact) mass is 259 g/mol. The zero-order valence-corrected chi connectivity index (χ0v) is 9.19. The molecule has 0 aliphatic heterocycles. The minimum absolute atomic E-state index is 0.302. The SMILES string of the molecule is CCOC(=O)C(N)c1cnc(Br)cn1. The van der Waals surface area contributed by atoms with E-state index in [-0.39, 0.29) is 0 Å². The average Bonchev–Trinajstić information content (AvgIpc) is 2.18. The minimum atomic E-state index is -0.865. The smallest absolute Gasteiger partial charge is 0.329 e. The molecule has 1 aromatic rings. The second-order valence-electron chi connectivity index (χ2n) is 2.49. The molecule has 14 heavy (non-hydrogen) atoms. The van der Waals surface area contributed by atoms with E-state index in [9.17, 15) is 4.79 Å². The van der Waals surface area contributed by atoms with Gasteiger partial charge in [0.2, 0.25) is 0 Å². The Morgan fingerprint density at radius 2 is 2.36 bits per heavy atom. The summed E-state index contributed by atoms with van der Waals surface area (Å²) in [5, 5.41) is 0. The van der Waals surface area contributed by atoms with Crippen LogP contribution in [0.2, 0.25) is 0 Å². The molecule has 0 aromatic carbocycles. The van der Waals surface area contributed by atoms with Crippen molar-refractivity contribution in [2.75, 3.05) is 6.61 Å². The molecule has 0 fully saturated rings. The van der Waals surface area contributed by atoms with Crippen LogP contribution in [0.4, 0.5) is 0 Å². The Morgan fingerprint density at radius 3 is 2.86 bits per heavy atom. The van der Waals surface area contributed by atoms with E-state index in [4.69, 9.17) is 10.5 Å². The van der Waals surface area contributed by atoms with Gasteiger partial charge in [-0.25, -0.2) is 9.78 Å². The molecule has 0 amide bonds. The zero-order chi connectivity index (χ0) is 10.6. The summed E-state index contributed by atoms with van der Waals surface area (Å²) in [5.41, 5.74) is 5.98. The van der Waals surface area contributed by atoms with Crippen molar-refractivity contribution in [2.24, 2.45) is 5.73 Å². The van der Waals surface area contributed by atoms with Crippen molar-refractivity contribution in [3.8, 4) is 0 Å². The van der Waals surface area contributed by atoms with Crippen LogP contribution in [0.5, 0.6) is 0 Å². The molecule has 1 atom stereocenters. The van der Waals surface area contributed by atoms with E-state index in [0.29, 0.717) is 16.9 Å². The first-order valence-corrected chi connectivity index (χ1v) is 4.84. The van der Waals surface area contributed by atoms with Crippen LogP contribution in [0, 0.1) is 0 Å². The van der Waals surface area contributed by atoms with E-state index in [0.717, 1.165) is 0 Å². The van der Waals surface area contributed by atoms with E-state index >= 15 is 0 Å². The van der Waals surface area contributed by atoms with E-state index in [1.807, 2.05) is 0 Å². The molecule has 1 unspecified atom stereocenters. The standard InChI is InChI=1S/C8H10BrN3O2/c1-2-14-8(13)7(10)5-3-12-6(9)4-11-5/h3-4,7H,2,10H2,1H3. The third-order valence-corrected chi connectivity index (χ3v) is 1.91. The lowest BCUT2D eigenvalue weighted by Gasteiger charge is -2.08. The Labute approximate surface area is 89.8 Å². The van der Waals surface area contributed by atoms with Crippen molar-refractivity contribution >= 4 is 21.9 Å². The van der Waals surface area contributed by atoms with Gasteiger partial charge >= 0.3 is 5.97 Å². The summed E-state index contributed by atoms with van der Waals surface area (Å²) in [7, 11) is 0. The van der Waals surface area contributed by atoms with Crippen LogP contribution >= 0.6 is 15.9 Å². The lowest BCUT2D eigenvalue weighted by atomic mass is 10.2. The number of aromatic nitrogens is 2. The van der Waals surface area contributed by atoms with Gasteiger partial charge in [-0.3, -0.25) is 4.98 Å². The molecule has 0 saturated heterocycles. The second-order valence-corrected chi connectivity index (χ2v) is 3.31. The summed E-state index contributed by atoms with van der Waals surface area (Å²) in [4.78, 5) is 19.1. The minimum Gasteiger partial charge on any atom is -0.465 e. The fraction of sp³-hybridized carbons (Fsp3) is 0.375. The maximum absolute atomic E-state index is 11.2. The summed E-state index contributed by atoms with van der Waals surface area (Å²) < 4.78 is 5.34. The zero-order valence-electron chi connectivity index (χ0n) is 7.61. The largest absolute Gasteiger partial charge is 0.465 e. The highest BCUT2D eigenvalue weighted by Gasteiger charge is 2.18. The molecule has 5 nitrogen and oxygen atoms in total. The predicted molar refractivity (Wildman–Crippen MR) is 53.3 cm³/mol. The van der Waals surface area contributed by atoms with Crippen LogP contribution in [0.1, 0.15) is 18.7 Å². The molecule has 0 aliphatic rings. The molecule has 0 saturated carbocycles. The number of nitrogens with two attached hydrogens (primary N) is 1. The fourth-order valence-corrected chi connectivity index (χ4v) is 1.04. The van der Waals surface area contributed by atoms with Crippen molar-refractivity contribution in [3.63, 3.8) is 0 Å². The van der Waals surface area contributed by atoms with E-state index in [2.05, 4.69) is 25.9 Å². The van der Waals surface area contributed by atoms with Crippen LogP contribution in [0.25, 0.3) is 0 Å². The van der Waals surface area contributed by atoms with E-state index in [1.165, 1.54) is 12.4 Å². The van der Waals surface area contributed by atoms with Crippen LogP contribution in [0.15, 0.2) is 17.0 Å². The highest BCUT2D eigenvalue weighted by Crippen LogP contribution is 2.10. The van der Waals surface area contributed by atoms with Gasteiger partial charge in [-0.15, -0.1) is 0 Å². The summed E-state index contributed by atoms with van der Waals surface area (Å²) in [5.74, 6) is -0.496. The second kappa shape index (κ2) is 5.02. The first-order valence-electron chi connectivity index (χ1n) is 4.04. The summed E-state index contributed by atoms with van der Waals surface area (Å²) >= 11 is 3.13. The Morgan fingerprint density at radius 1 is 1.64 bits per heavy atom. The van der Waals surface area contributed by atoms with Gasteiger partial charge in [0.1, 0.15) is 10.6 Å². The molecule has 2 N–H and O–H groups in total. The topological polar surface area (TPSA) is 78.1 Å². The van der Waals surface area contributed by atoms with Gasteiger partial charge in [-0.1, -0.05) is 0 Å². The Hall–Kier alpha value is -1.01. The number of hydrogen-bond acceptors (Lipinski definition) is 5. The fourth-order valence-electron chi connectivity index (χ4n) is 0.836. The average molecular weight is 260 g/mol. The number of esters is 1. The van der Waals surface area contributed by atoms with Crippen molar-refractivity contribution < 1.29 is 9.53 Å². The maximum Gasteiger partial charge on any atom is 0.329 e. The number of nitrogens with zero attached hydrogens (tertiary/aromatic N) is 2. The van der Waals surface area contributed by atoms with Crippen molar-refractivity contribution in [2.45, 2.75) is 13.0 Å². The van der Waals surface area contributed by atoms with E-state index in [1.54, 1.807) is 6.92 Å². The number of carbonyl (C=O) groups excluding carboxylic acids is 1. The Balaban J connectivity index is 2.73. The third kappa shape index (κ3) is 2.74. The lowest BCUT2D eigenvalue weighted by molar-refractivity contribution is -0.144. The number of rotatable bonds is 3. The summed E-state index contributed by atoms with van der Waals surface area (Å²) in [6.07, 6.45) is 2.92. The lowest BCUT2D eigenvalue weighted by Crippen LogP contribution is -2.24. The van der Waals surface area contributed by atoms with Crippen LogP contribution in [-0.4, -0.2) is 22.5 Å². The van der Waals surface area contributed by atoms with Crippen molar-refractivity contribution in [1.29, 1.82) is 0 Å². The Bertz CT molecular complexity index is 315. The van der Waals surface area contributed by atoms with Gasteiger partial charge in [0, 0.05) is 0 Å². The third-order valence-electron chi connectivity index (χ3n) is 1.50. The number of hydrogen-bond donors (Lipinski definition) is 1. The highest BCUT2D eigenvalue weighted by atomic mass is 79.9. The molecule has 76 valence electrons. The molecule has 1 rings (SSSR count). The normalized spacial score (nSPS) is 12.2. The molecule has 1 aromatic heterocycles. The Kier molecular flexibility index (Phi) is 3.97. The molecule has 6 heteroatoms. The first-order chi connectivity index (χ1) is 6.65. The first kappa shape index (κ1) is 11.1. The number of ether oxygens (including phenoxy) is 1. The molecule has 0 bridgehead atoms. The molecule has 0 radical (unpaired) electrons. The van der Waals surface area contributed by atoms with Crippen LogP contribution in [-0.2, 0) is 9.53 Å². The summed E-state index contributed by atoms with van der Waals surface area (Å²) in [6, 6.07) is -0.865. The van der Waals surface area contributed by atoms with Gasteiger partial charge in [-0.2, -0.15) is 0 Å². The van der Waals surface area contributed by atoms with Gasteiger partial charge < -0.3 is 10.5 Å². The van der Waals surface area contributed by atoms with Gasteiger partial charge in [0.05, 0.1) is 24.7 Å². The van der Waals surface area contributed by atoms with Crippen molar-refractivity contribution in [1.82, 2.24) is 9.97 Å². The molecular weight excluding hydrogens is 250 g/mol. The van der Waals surface area contributed by atoms with Gasteiger partial charge in [-0.05, 0) is 22.9 Å².